The van der Waals surface area contributed by atoms with Gasteiger partial charge >= 0.3 is 6.03 Å². The highest BCUT2D eigenvalue weighted by Gasteiger charge is 2.30. The Hall–Kier alpha value is -2.89. The molecule has 1 saturated heterocycles. The number of rotatable bonds is 4. The molecule has 5 nitrogen and oxygen atoms in total. The highest BCUT2D eigenvalue weighted by Crippen LogP contribution is 2.27. The molecule has 2 N–H and O–H groups in total. The number of hydrogen-bond acceptors (Lipinski definition) is 2. The second-order valence-corrected chi connectivity index (χ2v) is 7.86. The van der Waals surface area contributed by atoms with Gasteiger partial charge in [-0.05, 0) is 74.1 Å². The van der Waals surface area contributed by atoms with E-state index in [1.54, 1.807) is 17.0 Å². The molecule has 154 valence electrons. The molecule has 1 fully saturated rings. The number of anilines is 2. The Balaban J connectivity index is 1.51. The summed E-state index contributed by atoms with van der Waals surface area (Å²) in [5.41, 5.74) is 3.58. The van der Waals surface area contributed by atoms with Gasteiger partial charge in [-0.15, -0.1) is 0 Å². The Labute approximate surface area is 171 Å². The Morgan fingerprint density at radius 2 is 1.69 bits per heavy atom. The van der Waals surface area contributed by atoms with E-state index >= 15 is 0 Å². The largest absolute Gasteiger partial charge is 0.326 e. The first-order valence-electron chi connectivity index (χ1n) is 10.0. The van der Waals surface area contributed by atoms with E-state index in [0.29, 0.717) is 18.8 Å². The predicted octanol–water partition coefficient (Wildman–Crippen LogP) is 4.96. The van der Waals surface area contributed by atoms with Crippen LogP contribution in [0.15, 0.2) is 42.5 Å². The lowest BCUT2D eigenvalue weighted by molar-refractivity contribution is -0.121. The molecule has 1 aliphatic heterocycles. The van der Waals surface area contributed by atoms with Crippen LogP contribution in [-0.2, 0) is 4.79 Å². The maximum Gasteiger partial charge on any atom is 0.321 e. The van der Waals surface area contributed by atoms with Crippen LogP contribution in [0.5, 0.6) is 0 Å². The molecular formula is C23H28FN3O2. The maximum absolute atomic E-state index is 13.0. The Morgan fingerprint density at radius 1 is 1.03 bits per heavy atom. The zero-order chi connectivity index (χ0) is 21.0. The van der Waals surface area contributed by atoms with Crippen LogP contribution < -0.4 is 10.6 Å². The van der Waals surface area contributed by atoms with Gasteiger partial charge in [0.1, 0.15) is 5.82 Å². The van der Waals surface area contributed by atoms with Crippen molar-refractivity contribution >= 4 is 23.3 Å². The summed E-state index contributed by atoms with van der Waals surface area (Å²) in [5.74, 6) is -0.211. The van der Waals surface area contributed by atoms with Crippen molar-refractivity contribution in [1.29, 1.82) is 0 Å². The molecule has 0 unspecified atom stereocenters. The summed E-state index contributed by atoms with van der Waals surface area (Å²) < 4.78 is 13.0. The van der Waals surface area contributed by atoms with Gasteiger partial charge < -0.3 is 15.5 Å². The fourth-order valence-corrected chi connectivity index (χ4v) is 3.67. The van der Waals surface area contributed by atoms with Crippen molar-refractivity contribution in [2.24, 2.45) is 11.8 Å². The summed E-state index contributed by atoms with van der Waals surface area (Å²) in [5, 5.41) is 5.85. The Kier molecular flexibility index (Phi) is 6.52. The average Bonchev–Trinajstić information content (AvgIpc) is 2.72. The van der Waals surface area contributed by atoms with Gasteiger partial charge in [0.15, 0.2) is 0 Å². The molecule has 1 heterocycles. The number of halogens is 1. The van der Waals surface area contributed by atoms with Gasteiger partial charge in [0.05, 0.1) is 0 Å². The smallest absolute Gasteiger partial charge is 0.321 e. The Bertz CT molecular complexity index is 874. The lowest BCUT2D eigenvalue weighted by atomic mass is 9.85. The number of benzene rings is 2. The summed E-state index contributed by atoms with van der Waals surface area (Å²) in [6.07, 6.45) is 1.55. The van der Waals surface area contributed by atoms with Crippen LogP contribution in [0.1, 0.15) is 30.9 Å². The summed E-state index contributed by atoms with van der Waals surface area (Å²) >= 11 is 0. The highest BCUT2D eigenvalue weighted by molar-refractivity contribution is 5.93. The van der Waals surface area contributed by atoms with Crippen molar-refractivity contribution in [2.75, 3.05) is 23.7 Å². The summed E-state index contributed by atoms with van der Waals surface area (Å²) in [6, 6.07) is 11.6. The molecule has 3 rings (SSSR count). The maximum atomic E-state index is 13.0. The van der Waals surface area contributed by atoms with Crippen LogP contribution >= 0.6 is 0 Å². The first kappa shape index (κ1) is 20.8. The predicted molar refractivity (Wildman–Crippen MR) is 113 cm³/mol. The highest BCUT2D eigenvalue weighted by atomic mass is 19.1. The number of hydrogen-bond donors (Lipinski definition) is 2. The molecule has 0 saturated carbocycles. The number of nitrogens with one attached hydrogen (secondary N) is 2. The van der Waals surface area contributed by atoms with Gasteiger partial charge in [-0.1, -0.05) is 19.1 Å². The molecule has 0 aliphatic carbocycles. The average molecular weight is 397 g/mol. The Morgan fingerprint density at radius 3 is 2.34 bits per heavy atom. The van der Waals surface area contributed by atoms with Crippen LogP contribution in [-0.4, -0.2) is 29.9 Å². The molecule has 0 spiro atoms. The van der Waals surface area contributed by atoms with Crippen LogP contribution in [0, 0.1) is 31.5 Å². The fourth-order valence-electron chi connectivity index (χ4n) is 3.67. The molecule has 2 aromatic carbocycles. The first-order chi connectivity index (χ1) is 13.8. The molecular weight excluding hydrogens is 369 g/mol. The third kappa shape index (κ3) is 5.34. The van der Waals surface area contributed by atoms with E-state index < -0.39 is 0 Å². The van der Waals surface area contributed by atoms with Crippen LogP contribution in [0.4, 0.5) is 20.6 Å². The molecule has 3 amide bonds. The molecule has 29 heavy (non-hydrogen) atoms. The fraction of sp³-hybridized carbons (Fsp3) is 0.391. The SMILES string of the molecule is Cc1ccc(C)c(NC(=O)[C@@H](C)C2CCN(C(=O)Nc3ccc(F)cc3)CC2)c1. The van der Waals surface area contributed by atoms with Gasteiger partial charge in [-0.25, -0.2) is 9.18 Å². The number of amides is 3. The van der Waals surface area contributed by atoms with E-state index in [1.165, 1.54) is 12.1 Å². The number of aryl methyl sites for hydroxylation is 2. The van der Waals surface area contributed by atoms with Crippen LogP contribution in [0.25, 0.3) is 0 Å². The third-order valence-electron chi connectivity index (χ3n) is 5.69. The number of carbonyl (C=O) groups excluding carboxylic acids is 2. The minimum absolute atomic E-state index is 0.0212. The van der Waals surface area contributed by atoms with Gasteiger partial charge in [-0.2, -0.15) is 0 Å². The van der Waals surface area contributed by atoms with E-state index in [-0.39, 0.29) is 29.6 Å². The number of likely N-dealkylation sites (tertiary alicyclic amines) is 1. The van der Waals surface area contributed by atoms with E-state index in [0.717, 1.165) is 29.7 Å². The molecule has 6 heteroatoms. The quantitative estimate of drug-likeness (QED) is 0.766. The van der Waals surface area contributed by atoms with E-state index in [1.807, 2.05) is 39.0 Å². The summed E-state index contributed by atoms with van der Waals surface area (Å²) in [7, 11) is 0. The lowest BCUT2D eigenvalue weighted by Gasteiger charge is -2.34. The van der Waals surface area contributed by atoms with Crippen molar-refractivity contribution in [2.45, 2.75) is 33.6 Å². The standard InChI is InChI=1S/C23H28FN3O2/c1-15-4-5-16(2)21(14-15)26-22(28)17(3)18-10-12-27(13-11-18)23(29)25-20-8-6-19(24)7-9-20/h4-9,14,17-18H,10-13H2,1-3H3,(H,25,29)(H,26,28)/t17-/m0/s1. The van der Waals surface area contributed by atoms with Gasteiger partial charge in [-0.3, -0.25) is 4.79 Å². The second kappa shape index (κ2) is 9.07. The summed E-state index contributed by atoms with van der Waals surface area (Å²) in [4.78, 5) is 26.9. The zero-order valence-corrected chi connectivity index (χ0v) is 17.2. The lowest BCUT2D eigenvalue weighted by Crippen LogP contribution is -2.43. The normalized spacial score (nSPS) is 15.7. The van der Waals surface area contributed by atoms with Crippen molar-refractivity contribution in [3.8, 4) is 0 Å². The number of nitrogens with zero attached hydrogens (tertiary/aromatic N) is 1. The molecule has 0 bridgehead atoms. The van der Waals surface area contributed by atoms with Gasteiger partial charge in [0.25, 0.3) is 0 Å². The van der Waals surface area contributed by atoms with Crippen molar-refractivity contribution < 1.29 is 14.0 Å². The number of carbonyl (C=O) groups is 2. The van der Waals surface area contributed by atoms with E-state index in [2.05, 4.69) is 10.6 Å². The molecule has 1 aliphatic rings. The van der Waals surface area contributed by atoms with Crippen molar-refractivity contribution in [3.63, 3.8) is 0 Å². The second-order valence-electron chi connectivity index (χ2n) is 7.86. The van der Waals surface area contributed by atoms with Crippen LogP contribution in [0.3, 0.4) is 0 Å². The number of urea groups is 1. The summed E-state index contributed by atoms with van der Waals surface area (Å²) in [6.45, 7) is 7.14. The molecule has 1 atom stereocenters. The molecule has 0 radical (unpaired) electrons. The minimum atomic E-state index is -0.336. The van der Waals surface area contributed by atoms with Crippen molar-refractivity contribution in [3.05, 3.63) is 59.4 Å². The van der Waals surface area contributed by atoms with Gasteiger partial charge in [0, 0.05) is 30.4 Å². The van der Waals surface area contributed by atoms with Crippen molar-refractivity contribution in [1.82, 2.24) is 4.90 Å². The monoisotopic (exact) mass is 397 g/mol. The number of piperidine rings is 1. The molecule has 2 aromatic rings. The van der Waals surface area contributed by atoms with Gasteiger partial charge in [0.2, 0.25) is 5.91 Å². The van der Waals surface area contributed by atoms with E-state index in [9.17, 15) is 14.0 Å². The molecule has 0 aromatic heterocycles. The van der Waals surface area contributed by atoms with Crippen LogP contribution in [0.2, 0.25) is 0 Å². The minimum Gasteiger partial charge on any atom is -0.326 e. The third-order valence-corrected chi connectivity index (χ3v) is 5.69. The zero-order valence-electron chi connectivity index (χ0n) is 17.2. The van der Waals surface area contributed by atoms with E-state index in [4.69, 9.17) is 0 Å². The first-order valence-corrected chi connectivity index (χ1v) is 10.0. The topological polar surface area (TPSA) is 61.4 Å².